The number of benzene rings is 1. The average molecular weight is 187 g/mol. The molecule has 14 heavy (non-hydrogen) atoms. The van der Waals surface area contributed by atoms with Gasteiger partial charge in [-0.2, -0.15) is 5.10 Å². The zero-order valence-corrected chi connectivity index (χ0v) is 7.42. The summed E-state index contributed by atoms with van der Waals surface area (Å²) in [5.74, 6) is 1.68. The van der Waals surface area contributed by atoms with E-state index in [2.05, 4.69) is 10.2 Å². The molecule has 0 aliphatic heterocycles. The topological polar surface area (TPSA) is 61.0 Å². The lowest BCUT2D eigenvalue weighted by molar-refractivity contribution is 0.479. The maximum absolute atomic E-state index is 5.48. The predicted octanol–water partition coefficient (Wildman–Crippen LogP) is 1.85. The Morgan fingerprint density at radius 1 is 1.07 bits per heavy atom. The van der Waals surface area contributed by atoms with Gasteiger partial charge in [-0.3, -0.25) is 0 Å². The van der Waals surface area contributed by atoms with Crippen LogP contribution >= 0.6 is 0 Å². The van der Waals surface area contributed by atoms with Crippen LogP contribution in [0.5, 0.6) is 11.5 Å². The Hall–Kier alpha value is -2.10. The van der Waals surface area contributed by atoms with E-state index in [1.807, 2.05) is 30.3 Å². The van der Waals surface area contributed by atoms with Crippen molar-refractivity contribution in [3.05, 3.63) is 42.6 Å². The molecule has 0 saturated heterocycles. The first-order chi connectivity index (χ1) is 6.84. The monoisotopic (exact) mass is 187 g/mol. The van der Waals surface area contributed by atoms with E-state index in [4.69, 9.17) is 10.5 Å². The number of aromatic nitrogens is 2. The average Bonchev–Trinajstić information content (AvgIpc) is 2.19. The standard InChI is InChI=1S/C10H9N3O/c11-10-6-9(7-12-13-10)14-8-4-2-1-3-5-8/h1-7H,(H2,11,13). The fourth-order valence-electron chi connectivity index (χ4n) is 1.04. The van der Waals surface area contributed by atoms with Gasteiger partial charge in [0, 0.05) is 6.07 Å². The lowest BCUT2D eigenvalue weighted by atomic mass is 10.3. The highest BCUT2D eigenvalue weighted by atomic mass is 16.5. The second-order valence-electron chi connectivity index (χ2n) is 2.73. The van der Waals surface area contributed by atoms with Crippen molar-refractivity contribution in [2.45, 2.75) is 0 Å². The van der Waals surface area contributed by atoms with E-state index >= 15 is 0 Å². The van der Waals surface area contributed by atoms with Crippen molar-refractivity contribution >= 4 is 5.82 Å². The van der Waals surface area contributed by atoms with Crippen molar-refractivity contribution in [3.63, 3.8) is 0 Å². The van der Waals surface area contributed by atoms with Crippen molar-refractivity contribution in [1.29, 1.82) is 0 Å². The highest BCUT2D eigenvalue weighted by Crippen LogP contribution is 2.20. The third-order valence-electron chi connectivity index (χ3n) is 1.63. The third kappa shape index (κ3) is 1.98. The molecule has 0 atom stereocenters. The molecular formula is C10H9N3O. The SMILES string of the molecule is Nc1cc(Oc2ccccc2)cnn1. The van der Waals surface area contributed by atoms with E-state index in [0.29, 0.717) is 11.6 Å². The van der Waals surface area contributed by atoms with Gasteiger partial charge in [-0.05, 0) is 12.1 Å². The van der Waals surface area contributed by atoms with Gasteiger partial charge < -0.3 is 10.5 Å². The molecule has 2 N–H and O–H groups in total. The highest BCUT2D eigenvalue weighted by Gasteiger charge is 1.97. The van der Waals surface area contributed by atoms with Gasteiger partial charge in [-0.15, -0.1) is 5.10 Å². The molecule has 0 fully saturated rings. The van der Waals surface area contributed by atoms with Crippen LogP contribution in [0.1, 0.15) is 0 Å². The van der Waals surface area contributed by atoms with Crippen LogP contribution in [-0.2, 0) is 0 Å². The highest BCUT2D eigenvalue weighted by molar-refractivity contribution is 5.36. The fourth-order valence-corrected chi connectivity index (χ4v) is 1.04. The largest absolute Gasteiger partial charge is 0.456 e. The van der Waals surface area contributed by atoms with Crippen LogP contribution in [0.15, 0.2) is 42.6 Å². The number of rotatable bonds is 2. The third-order valence-corrected chi connectivity index (χ3v) is 1.63. The summed E-state index contributed by atoms with van der Waals surface area (Å²) in [7, 11) is 0. The normalized spacial score (nSPS) is 9.71. The number of nitrogen functional groups attached to an aromatic ring is 1. The van der Waals surface area contributed by atoms with Gasteiger partial charge in [0.25, 0.3) is 0 Å². The molecule has 0 radical (unpaired) electrons. The molecule has 4 heteroatoms. The Kier molecular flexibility index (Phi) is 2.27. The summed E-state index contributed by atoms with van der Waals surface area (Å²) in [5.41, 5.74) is 5.46. The van der Waals surface area contributed by atoms with Gasteiger partial charge in [0.15, 0.2) is 5.75 Å². The molecule has 0 bridgehead atoms. The molecule has 70 valence electrons. The molecule has 0 aliphatic rings. The minimum Gasteiger partial charge on any atom is -0.456 e. The number of anilines is 1. The first kappa shape index (κ1) is 8.50. The van der Waals surface area contributed by atoms with Crippen molar-refractivity contribution in [3.8, 4) is 11.5 Å². The zero-order valence-electron chi connectivity index (χ0n) is 7.42. The summed E-state index contributed by atoms with van der Waals surface area (Å²) in [6, 6.07) is 11.1. The zero-order chi connectivity index (χ0) is 9.80. The van der Waals surface area contributed by atoms with Gasteiger partial charge in [-0.25, -0.2) is 0 Å². The minimum absolute atomic E-state index is 0.346. The van der Waals surface area contributed by atoms with Crippen LogP contribution in [0.4, 0.5) is 5.82 Å². The molecular weight excluding hydrogens is 178 g/mol. The Morgan fingerprint density at radius 2 is 1.86 bits per heavy atom. The second kappa shape index (κ2) is 3.74. The van der Waals surface area contributed by atoms with Gasteiger partial charge in [0.2, 0.25) is 0 Å². The Labute approximate surface area is 81.3 Å². The lowest BCUT2D eigenvalue weighted by Crippen LogP contribution is -1.93. The molecule has 0 saturated carbocycles. The Bertz CT molecular complexity index is 417. The number of nitrogens with zero attached hydrogens (tertiary/aromatic N) is 2. The molecule has 2 rings (SSSR count). The Morgan fingerprint density at radius 3 is 2.57 bits per heavy atom. The summed E-state index contributed by atoms with van der Waals surface area (Å²) in [5, 5.41) is 7.31. The molecule has 0 aliphatic carbocycles. The maximum atomic E-state index is 5.48. The minimum atomic E-state index is 0.346. The number of hydrogen-bond donors (Lipinski definition) is 1. The number of hydrogen-bond acceptors (Lipinski definition) is 4. The van der Waals surface area contributed by atoms with E-state index < -0.39 is 0 Å². The van der Waals surface area contributed by atoms with Crippen molar-refractivity contribution in [1.82, 2.24) is 10.2 Å². The van der Waals surface area contributed by atoms with E-state index in [9.17, 15) is 0 Å². The van der Waals surface area contributed by atoms with E-state index in [-0.39, 0.29) is 0 Å². The van der Waals surface area contributed by atoms with E-state index in [0.717, 1.165) is 5.75 Å². The fraction of sp³-hybridized carbons (Fsp3) is 0. The van der Waals surface area contributed by atoms with Crippen LogP contribution in [-0.4, -0.2) is 10.2 Å². The van der Waals surface area contributed by atoms with Crippen LogP contribution < -0.4 is 10.5 Å². The lowest BCUT2D eigenvalue weighted by Gasteiger charge is -2.03. The van der Waals surface area contributed by atoms with Gasteiger partial charge in [0.1, 0.15) is 11.6 Å². The molecule has 1 heterocycles. The molecule has 1 aromatic heterocycles. The summed E-state index contributed by atoms with van der Waals surface area (Å²) in [4.78, 5) is 0. The van der Waals surface area contributed by atoms with Crippen LogP contribution in [0, 0.1) is 0 Å². The van der Waals surface area contributed by atoms with E-state index in [1.54, 1.807) is 6.07 Å². The van der Waals surface area contributed by atoms with Crippen molar-refractivity contribution in [2.24, 2.45) is 0 Å². The first-order valence-corrected chi connectivity index (χ1v) is 4.16. The number of nitrogens with two attached hydrogens (primary N) is 1. The number of para-hydroxylation sites is 1. The Balaban J connectivity index is 2.19. The molecule has 0 spiro atoms. The summed E-state index contributed by atoms with van der Waals surface area (Å²) in [6.07, 6.45) is 1.52. The van der Waals surface area contributed by atoms with Crippen LogP contribution in [0.25, 0.3) is 0 Å². The van der Waals surface area contributed by atoms with Gasteiger partial charge in [0.05, 0.1) is 6.20 Å². The van der Waals surface area contributed by atoms with Crippen LogP contribution in [0.2, 0.25) is 0 Å². The second-order valence-corrected chi connectivity index (χ2v) is 2.73. The van der Waals surface area contributed by atoms with Crippen LogP contribution in [0.3, 0.4) is 0 Å². The van der Waals surface area contributed by atoms with Crippen molar-refractivity contribution in [2.75, 3.05) is 5.73 Å². The maximum Gasteiger partial charge on any atom is 0.151 e. The molecule has 2 aromatic rings. The molecule has 1 aromatic carbocycles. The quantitative estimate of drug-likeness (QED) is 0.779. The molecule has 0 unspecified atom stereocenters. The summed E-state index contributed by atoms with van der Waals surface area (Å²) >= 11 is 0. The molecule has 4 nitrogen and oxygen atoms in total. The predicted molar refractivity (Wildman–Crippen MR) is 53.0 cm³/mol. The van der Waals surface area contributed by atoms with Gasteiger partial charge in [-0.1, -0.05) is 18.2 Å². The van der Waals surface area contributed by atoms with Crippen molar-refractivity contribution < 1.29 is 4.74 Å². The smallest absolute Gasteiger partial charge is 0.151 e. The van der Waals surface area contributed by atoms with E-state index in [1.165, 1.54) is 6.20 Å². The summed E-state index contributed by atoms with van der Waals surface area (Å²) < 4.78 is 5.48. The molecule has 0 amide bonds. The number of ether oxygens (including phenoxy) is 1. The first-order valence-electron chi connectivity index (χ1n) is 4.16. The van der Waals surface area contributed by atoms with Gasteiger partial charge >= 0.3 is 0 Å². The summed E-state index contributed by atoms with van der Waals surface area (Å²) in [6.45, 7) is 0.